The second-order valence-corrected chi connectivity index (χ2v) is 8.62. The van der Waals surface area contributed by atoms with Crippen molar-refractivity contribution in [3.05, 3.63) is 107 Å². The average molecular weight is 463 g/mol. The Morgan fingerprint density at radius 2 is 0.971 bits per heavy atom. The molecule has 0 aromatic heterocycles. The van der Waals surface area contributed by atoms with Crippen LogP contribution < -0.4 is 0 Å². The van der Waals surface area contributed by atoms with Crippen molar-refractivity contribution in [2.45, 2.75) is 20.3 Å². The predicted octanol–water partition coefficient (Wildman–Crippen LogP) is 6.98. The summed E-state index contributed by atoms with van der Waals surface area (Å²) in [4.78, 5) is 9.00. The predicted molar refractivity (Wildman–Crippen MR) is 146 cm³/mol. The van der Waals surface area contributed by atoms with Crippen LogP contribution in [0.3, 0.4) is 0 Å². The summed E-state index contributed by atoms with van der Waals surface area (Å²) in [5, 5.41) is 20.9. The first-order valence-corrected chi connectivity index (χ1v) is 11.8. The molecule has 0 radical (unpaired) electrons. The smallest absolute Gasteiger partial charge is 0.127 e. The van der Waals surface area contributed by atoms with Gasteiger partial charge in [-0.05, 0) is 77.9 Å². The van der Waals surface area contributed by atoms with E-state index in [-0.39, 0.29) is 11.5 Å². The summed E-state index contributed by atoms with van der Waals surface area (Å²) in [7, 11) is 0. The fourth-order valence-electron chi connectivity index (χ4n) is 3.98. The monoisotopic (exact) mass is 462 g/mol. The summed E-state index contributed by atoms with van der Waals surface area (Å²) in [5.74, 6) is 0.520. The molecule has 4 aromatic rings. The van der Waals surface area contributed by atoms with E-state index in [1.807, 2.05) is 74.5 Å². The van der Waals surface area contributed by atoms with Crippen molar-refractivity contribution in [1.29, 1.82) is 0 Å². The van der Waals surface area contributed by atoms with Gasteiger partial charge in [-0.2, -0.15) is 0 Å². The van der Waals surface area contributed by atoms with E-state index in [9.17, 15) is 10.2 Å². The maximum absolute atomic E-state index is 10.5. The first-order valence-electron chi connectivity index (χ1n) is 11.8. The Balaban J connectivity index is 1.37. The van der Waals surface area contributed by atoms with Gasteiger partial charge in [0.05, 0.1) is 0 Å². The second kappa shape index (κ2) is 11.3. The first kappa shape index (κ1) is 24.0. The molecule has 4 nitrogen and oxygen atoms in total. The minimum Gasteiger partial charge on any atom is -0.507 e. The molecule has 0 fully saturated rings. The van der Waals surface area contributed by atoms with E-state index in [1.54, 1.807) is 12.4 Å². The van der Waals surface area contributed by atoms with E-state index in [1.165, 1.54) is 0 Å². The molecule has 0 atom stereocenters. The number of aliphatic imine (C=N–C) groups is 2. The maximum atomic E-state index is 10.5. The Bertz CT molecular complexity index is 1240. The fraction of sp³-hybridized carbons (Fsp3) is 0.161. The molecule has 2 N–H and O–H groups in total. The van der Waals surface area contributed by atoms with Crippen LogP contribution >= 0.6 is 0 Å². The molecule has 0 aliphatic heterocycles. The summed E-state index contributed by atoms with van der Waals surface area (Å²) >= 11 is 0. The maximum Gasteiger partial charge on any atom is 0.127 e. The van der Waals surface area contributed by atoms with Gasteiger partial charge in [0, 0.05) is 36.6 Å². The van der Waals surface area contributed by atoms with Crippen LogP contribution in [0.5, 0.6) is 11.5 Å². The standard InChI is InChI=1S/C31H30N2O2/c1-22-16-26(24-10-5-3-6-11-24)18-28(30(22)34)20-32-14-9-15-33-21-29-19-27(17-23(2)31(29)35)25-12-7-4-8-13-25/h3-8,10-13,16-21,34-35H,9,14-15H2,1-2H3. The highest BCUT2D eigenvalue weighted by Crippen LogP contribution is 2.30. The molecule has 4 aromatic carbocycles. The minimum atomic E-state index is 0.260. The Kier molecular flexibility index (Phi) is 7.74. The van der Waals surface area contributed by atoms with Crippen LogP contribution in [0.1, 0.15) is 28.7 Å². The summed E-state index contributed by atoms with van der Waals surface area (Å²) in [6.07, 6.45) is 4.23. The molecule has 4 rings (SSSR count). The molecule has 4 heteroatoms. The van der Waals surface area contributed by atoms with Crippen LogP contribution in [0.4, 0.5) is 0 Å². The topological polar surface area (TPSA) is 65.2 Å². The molecule has 0 unspecified atom stereocenters. The highest BCUT2D eigenvalue weighted by molar-refractivity contribution is 5.88. The summed E-state index contributed by atoms with van der Waals surface area (Å²) in [6, 6.07) is 28.1. The van der Waals surface area contributed by atoms with Crippen molar-refractivity contribution >= 4 is 12.4 Å². The molecule has 0 saturated carbocycles. The molecule has 35 heavy (non-hydrogen) atoms. The number of nitrogens with zero attached hydrogens (tertiary/aromatic N) is 2. The average Bonchev–Trinajstić information content (AvgIpc) is 2.89. The molecular weight excluding hydrogens is 432 g/mol. The van der Waals surface area contributed by atoms with Crippen molar-refractivity contribution in [2.75, 3.05) is 13.1 Å². The summed E-state index contributed by atoms with van der Waals surface area (Å²) < 4.78 is 0. The number of aromatic hydroxyl groups is 2. The Hall–Kier alpha value is -4.18. The van der Waals surface area contributed by atoms with Crippen LogP contribution in [-0.2, 0) is 0 Å². The van der Waals surface area contributed by atoms with E-state index in [0.29, 0.717) is 24.2 Å². The van der Waals surface area contributed by atoms with E-state index in [0.717, 1.165) is 39.8 Å². The number of hydrogen-bond acceptors (Lipinski definition) is 4. The van der Waals surface area contributed by atoms with Gasteiger partial charge in [-0.3, -0.25) is 9.98 Å². The lowest BCUT2D eigenvalue weighted by atomic mass is 9.99. The minimum absolute atomic E-state index is 0.260. The third-order valence-electron chi connectivity index (χ3n) is 5.91. The number of hydrogen-bond donors (Lipinski definition) is 2. The van der Waals surface area contributed by atoms with Crippen molar-refractivity contribution < 1.29 is 10.2 Å². The highest BCUT2D eigenvalue weighted by Gasteiger charge is 2.08. The lowest BCUT2D eigenvalue weighted by molar-refractivity contribution is 0.470. The number of phenols is 2. The van der Waals surface area contributed by atoms with Crippen LogP contribution in [0.15, 0.2) is 94.9 Å². The largest absolute Gasteiger partial charge is 0.507 e. The highest BCUT2D eigenvalue weighted by atomic mass is 16.3. The van der Waals surface area contributed by atoms with Crippen LogP contribution in [0.2, 0.25) is 0 Å². The number of benzene rings is 4. The van der Waals surface area contributed by atoms with Gasteiger partial charge < -0.3 is 10.2 Å². The van der Waals surface area contributed by atoms with Crippen molar-refractivity contribution in [3.8, 4) is 33.8 Å². The summed E-state index contributed by atoms with van der Waals surface area (Å²) in [6.45, 7) is 5.00. The zero-order valence-corrected chi connectivity index (χ0v) is 20.1. The van der Waals surface area contributed by atoms with E-state index < -0.39 is 0 Å². The normalized spacial score (nSPS) is 11.5. The van der Waals surface area contributed by atoms with Gasteiger partial charge in [-0.25, -0.2) is 0 Å². The molecule has 0 aliphatic carbocycles. The van der Waals surface area contributed by atoms with Crippen molar-refractivity contribution in [2.24, 2.45) is 9.98 Å². The molecule has 0 amide bonds. The van der Waals surface area contributed by atoms with Gasteiger partial charge in [-0.1, -0.05) is 60.7 Å². The lowest BCUT2D eigenvalue weighted by Crippen LogP contribution is -1.93. The fourth-order valence-corrected chi connectivity index (χ4v) is 3.98. The molecule has 0 bridgehead atoms. The molecule has 176 valence electrons. The Labute approximate surface area is 207 Å². The second-order valence-electron chi connectivity index (χ2n) is 8.62. The summed E-state index contributed by atoms with van der Waals surface area (Å²) in [5.41, 5.74) is 7.40. The number of rotatable bonds is 8. The van der Waals surface area contributed by atoms with Gasteiger partial charge in [0.1, 0.15) is 11.5 Å². The first-order chi connectivity index (χ1) is 17.0. The Morgan fingerprint density at radius 3 is 1.37 bits per heavy atom. The molecular formula is C31H30N2O2. The van der Waals surface area contributed by atoms with E-state index in [4.69, 9.17) is 0 Å². The van der Waals surface area contributed by atoms with E-state index >= 15 is 0 Å². The van der Waals surface area contributed by atoms with Gasteiger partial charge in [0.25, 0.3) is 0 Å². The van der Waals surface area contributed by atoms with Crippen LogP contribution in [-0.4, -0.2) is 35.7 Å². The van der Waals surface area contributed by atoms with Gasteiger partial charge in [0.15, 0.2) is 0 Å². The van der Waals surface area contributed by atoms with Crippen LogP contribution in [0.25, 0.3) is 22.3 Å². The van der Waals surface area contributed by atoms with E-state index in [2.05, 4.69) is 34.3 Å². The van der Waals surface area contributed by atoms with Gasteiger partial charge in [-0.15, -0.1) is 0 Å². The molecule has 0 saturated heterocycles. The third kappa shape index (κ3) is 6.04. The SMILES string of the molecule is Cc1cc(-c2ccccc2)cc(C=NCCCN=Cc2cc(-c3ccccc3)cc(C)c2O)c1O. The lowest BCUT2D eigenvalue weighted by Gasteiger charge is -2.08. The Morgan fingerprint density at radius 1 is 0.571 bits per heavy atom. The third-order valence-corrected chi connectivity index (χ3v) is 5.91. The number of aryl methyl sites for hydroxylation is 2. The van der Waals surface area contributed by atoms with Gasteiger partial charge >= 0.3 is 0 Å². The molecule has 0 heterocycles. The zero-order valence-electron chi connectivity index (χ0n) is 20.1. The van der Waals surface area contributed by atoms with Crippen molar-refractivity contribution in [1.82, 2.24) is 0 Å². The van der Waals surface area contributed by atoms with Crippen molar-refractivity contribution in [3.63, 3.8) is 0 Å². The van der Waals surface area contributed by atoms with Gasteiger partial charge in [0.2, 0.25) is 0 Å². The van der Waals surface area contributed by atoms with Crippen LogP contribution in [0, 0.1) is 13.8 Å². The molecule has 0 aliphatic rings. The zero-order chi connectivity index (χ0) is 24.6. The quantitative estimate of drug-likeness (QED) is 0.219. The molecule has 0 spiro atoms. The number of phenolic OH excluding ortho intramolecular Hbond substituents is 2.